The molecule has 0 spiro atoms. The minimum absolute atomic E-state index is 0.0264. The van der Waals surface area contributed by atoms with Crippen molar-refractivity contribution in [2.45, 2.75) is 9.79 Å². The van der Waals surface area contributed by atoms with E-state index < -0.39 is 0 Å². The number of hydrogen-bond donors (Lipinski definition) is 0. The van der Waals surface area contributed by atoms with E-state index in [1.807, 2.05) is 34.4 Å². The molecule has 0 unspecified atom stereocenters. The van der Waals surface area contributed by atoms with E-state index in [1.165, 1.54) is 101 Å². The molecule has 294 valence electrons. The summed E-state index contributed by atoms with van der Waals surface area (Å²) in [5.74, 6) is 0. The molecule has 9 aromatic carbocycles. The van der Waals surface area contributed by atoms with Gasteiger partial charge < -0.3 is 14.7 Å². The average molecular weight is 856 g/mol. The molecule has 63 heavy (non-hydrogen) atoms. The number of nitrogens with zero attached hydrogens (tertiary/aromatic N) is 3. The topological polar surface area (TPSA) is 9.72 Å². The maximum atomic E-state index is 2.56. The predicted octanol–water partition coefficient (Wildman–Crippen LogP) is 15.0. The van der Waals surface area contributed by atoms with Crippen molar-refractivity contribution in [3.05, 3.63) is 206 Å². The van der Waals surface area contributed by atoms with Crippen molar-refractivity contribution < 1.29 is 0 Å². The van der Waals surface area contributed by atoms with Gasteiger partial charge in [0.15, 0.2) is 0 Å². The number of anilines is 9. The molecule has 0 atom stereocenters. The van der Waals surface area contributed by atoms with Crippen LogP contribution in [0.3, 0.4) is 0 Å². The Hall–Kier alpha value is -7.03. The second kappa shape index (κ2) is 13.7. The van der Waals surface area contributed by atoms with Gasteiger partial charge in [-0.2, -0.15) is 0 Å². The van der Waals surface area contributed by atoms with Gasteiger partial charge in [-0.15, -0.1) is 22.7 Å². The van der Waals surface area contributed by atoms with Gasteiger partial charge in [-0.05, 0) is 113 Å². The van der Waals surface area contributed by atoms with Crippen molar-refractivity contribution in [2.24, 2.45) is 0 Å². The van der Waals surface area contributed by atoms with Crippen LogP contribution in [0.1, 0.15) is 0 Å². The lowest BCUT2D eigenvalue weighted by atomic mass is 9.36. The van der Waals surface area contributed by atoms with E-state index in [1.54, 1.807) is 0 Å². The number of thiophene rings is 2. The summed E-state index contributed by atoms with van der Waals surface area (Å²) < 4.78 is 5.34. The molecule has 0 amide bonds. The Morgan fingerprint density at radius 2 is 1.00 bits per heavy atom. The van der Waals surface area contributed by atoms with Crippen LogP contribution in [0, 0.1) is 0 Å². The molecule has 0 radical (unpaired) electrons. The number of para-hydroxylation sites is 4. The Morgan fingerprint density at radius 1 is 0.381 bits per heavy atom. The third-order valence-electron chi connectivity index (χ3n) is 13.0. The molecule has 0 saturated carbocycles. The van der Waals surface area contributed by atoms with Gasteiger partial charge in [0.2, 0.25) is 0 Å². The van der Waals surface area contributed by atoms with Gasteiger partial charge in [-0.25, -0.2) is 0 Å². The van der Waals surface area contributed by atoms with Crippen LogP contribution in [0.2, 0.25) is 0 Å². The van der Waals surface area contributed by atoms with Crippen molar-refractivity contribution in [3.63, 3.8) is 0 Å². The largest absolute Gasteiger partial charge is 0.310 e. The van der Waals surface area contributed by atoms with Gasteiger partial charge in [0.1, 0.15) is 0 Å². The summed E-state index contributed by atoms with van der Waals surface area (Å²) in [5, 5.41) is 3.94. The van der Waals surface area contributed by atoms with Gasteiger partial charge in [0, 0.05) is 79.0 Å². The van der Waals surface area contributed by atoms with Gasteiger partial charge in [0.25, 0.3) is 6.71 Å². The predicted molar refractivity (Wildman–Crippen MR) is 273 cm³/mol. The first-order chi connectivity index (χ1) is 31.3. The van der Waals surface area contributed by atoms with E-state index in [2.05, 4.69) is 221 Å². The van der Waals surface area contributed by atoms with Crippen LogP contribution >= 0.6 is 34.4 Å². The third-order valence-corrected chi connectivity index (χ3v) is 16.6. The van der Waals surface area contributed by atoms with Gasteiger partial charge in [0.05, 0.1) is 17.1 Å². The summed E-state index contributed by atoms with van der Waals surface area (Å²) >= 11 is 5.70. The third kappa shape index (κ3) is 5.22. The molecule has 3 aliphatic heterocycles. The molecule has 11 aromatic rings. The summed E-state index contributed by atoms with van der Waals surface area (Å²) in [6.07, 6.45) is 0. The summed E-state index contributed by atoms with van der Waals surface area (Å²) in [6.45, 7) is 0.0264. The van der Waals surface area contributed by atoms with Crippen LogP contribution in [-0.4, -0.2) is 6.71 Å². The lowest BCUT2D eigenvalue weighted by Crippen LogP contribution is -2.60. The Bertz CT molecular complexity index is 3650. The molecule has 14 rings (SSSR count). The molecule has 0 aliphatic carbocycles. The lowest BCUT2D eigenvalue weighted by Gasteiger charge is -2.44. The highest BCUT2D eigenvalue weighted by molar-refractivity contribution is 7.99. The molecule has 5 heterocycles. The van der Waals surface area contributed by atoms with E-state index in [0.717, 1.165) is 17.1 Å². The van der Waals surface area contributed by atoms with E-state index in [0.29, 0.717) is 0 Å². The monoisotopic (exact) mass is 855 g/mol. The minimum Gasteiger partial charge on any atom is -0.310 e. The smallest absolute Gasteiger partial charge is 0.264 e. The second-order valence-electron chi connectivity index (χ2n) is 16.4. The zero-order chi connectivity index (χ0) is 41.2. The molecule has 2 bridgehead atoms. The average Bonchev–Trinajstić information content (AvgIpc) is 3.91. The minimum atomic E-state index is 0.0264. The summed E-state index contributed by atoms with van der Waals surface area (Å²) in [4.78, 5) is 9.97. The Labute approximate surface area is 377 Å². The van der Waals surface area contributed by atoms with E-state index >= 15 is 0 Å². The van der Waals surface area contributed by atoms with Crippen molar-refractivity contribution >= 4 is 138 Å². The number of hydrogen-bond acceptors (Lipinski definition) is 6. The second-order valence-corrected chi connectivity index (χ2v) is 19.6. The molecular formula is C56H34BN3S3. The standard InChI is InChI=1S/C56H34BN3S3/c1-3-15-36(16-4-1)58-38-30-31-43-48(34-38)60(45-23-9-12-28-52(45)61-51-27-11-8-22-44(51)58)47-25-14-24-46-53(47)57(43)56-54(59(46)37-17-5-2-6-18-37)42-33-35(29-32-50(42)63-56)39-20-13-21-41-40-19-7-10-26-49(40)62-55(39)41/h1-34H. The van der Waals surface area contributed by atoms with Gasteiger partial charge in [-0.3, -0.25) is 0 Å². The first-order valence-corrected chi connectivity index (χ1v) is 23.8. The van der Waals surface area contributed by atoms with Crippen LogP contribution in [0.25, 0.3) is 41.4 Å². The maximum Gasteiger partial charge on any atom is 0.264 e. The van der Waals surface area contributed by atoms with E-state index in [9.17, 15) is 0 Å². The molecule has 0 N–H and O–H groups in total. The number of rotatable bonds is 3. The zero-order valence-corrected chi connectivity index (χ0v) is 36.2. The SMILES string of the molecule is c1ccc(N2c3ccc4c(c3)N(c3ccccc3Sc3ccccc32)c2cccc3c2B4c2sc4ccc(-c5cccc6c5sc5ccccc56)cc4c2N3c2ccccc2)cc1. The van der Waals surface area contributed by atoms with Crippen LogP contribution in [0.4, 0.5) is 51.2 Å². The molecule has 3 aliphatic rings. The Balaban J connectivity index is 1.05. The highest BCUT2D eigenvalue weighted by atomic mass is 32.2. The maximum absolute atomic E-state index is 2.56. The van der Waals surface area contributed by atoms with E-state index in [4.69, 9.17) is 0 Å². The van der Waals surface area contributed by atoms with Crippen LogP contribution in [0.15, 0.2) is 216 Å². The van der Waals surface area contributed by atoms with Crippen molar-refractivity contribution in [2.75, 3.05) is 14.7 Å². The fourth-order valence-corrected chi connectivity index (χ4v) is 14.0. The first-order valence-electron chi connectivity index (χ1n) is 21.4. The number of benzene rings is 9. The molecular weight excluding hydrogens is 822 g/mol. The van der Waals surface area contributed by atoms with Gasteiger partial charge in [-0.1, -0.05) is 127 Å². The fraction of sp³-hybridized carbons (Fsp3) is 0. The Morgan fingerprint density at radius 3 is 1.79 bits per heavy atom. The van der Waals surface area contributed by atoms with Crippen LogP contribution in [-0.2, 0) is 0 Å². The first kappa shape index (κ1) is 35.6. The highest BCUT2D eigenvalue weighted by Crippen LogP contribution is 2.53. The quantitative estimate of drug-likeness (QED) is 0.164. The Kier molecular flexibility index (Phi) is 7.75. The normalized spacial score (nSPS) is 13.5. The van der Waals surface area contributed by atoms with Crippen LogP contribution < -0.4 is 30.4 Å². The van der Waals surface area contributed by atoms with Crippen molar-refractivity contribution in [3.8, 4) is 11.1 Å². The lowest BCUT2D eigenvalue weighted by molar-refractivity contribution is 1.19. The number of fused-ring (bicyclic) bond motifs is 13. The molecule has 7 heteroatoms. The summed E-state index contributed by atoms with van der Waals surface area (Å²) in [7, 11) is 0. The van der Waals surface area contributed by atoms with Crippen molar-refractivity contribution in [1.29, 1.82) is 0 Å². The zero-order valence-electron chi connectivity index (χ0n) is 33.8. The van der Waals surface area contributed by atoms with Crippen molar-refractivity contribution in [1.82, 2.24) is 0 Å². The molecule has 0 saturated heterocycles. The highest BCUT2D eigenvalue weighted by Gasteiger charge is 2.45. The summed E-state index contributed by atoms with van der Waals surface area (Å²) in [6, 6.07) is 76.6. The van der Waals surface area contributed by atoms with E-state index in [-0.39, 0.29) is 6.71 Å². The molecule has 2 aromatic heterocycles. The van der Waals surface area contributed by atoms with Crippen LogP contribution in [0.5, 0.6) is 0 Å². The molecule has 3 nitrogen and oxygen atoms in total. The summed E-state index contributed by atoms with van der Waals surface area (Å²) in [5.41, 5.74) is 15.9. The molecule has 0 fully saturated rings. The van der Waals surface area contributed by atoms with Gasteiger partial charge >= 0.3 is 0 Å². The fourth-order valence-electron chi connectivity index (χ4n) is 10.4.